The predicted octanol–water partition coefficient (Wildman–Crippen LogP) is 6.54. The number of carbonyl (C=O) groups is 2. The minimum atomic E-state index is -0.564. The zero-order chi connectivity index (χ0) is 20.9. The summed E-state index contributed by atoms with van der Waals surface area (Å²) in [7, 11) is 0. The number of hydrogen-bond acceptors (Lipinski definition) is 5. The van der Waals surface area contributed by atoms with Crippen molar-refractivity contribution in [2.45, 2.75) is 56.8 Å². The van der Waals surface area contributed by atoms with Crippen molar-refractivity contribution in [3.8, 4) is 5.75 Å². The molecule has 0 N–H and O–H groups in total. The number of rotatable bonds is 12. The Kier molecular flexibility index (Phi) is 10.4. The molecule has 4 nitrogen and oxygen atoms in total. The van der Waals surface area contributed by atoms with Crippen LogP contribution in [-0.2, 0) is 4.74 Å². The van der Waals surface area contributed by atoms with Gasteiger partial charge < -0.3 is 9.47 Å². The molecule has 0 aliphatic carbocycles. The summed E-state index contributed by atoms with van der Waals surface area (Å²) in [6.45, 7) is 2.57. The van der Waals surface area contributed by atoms with Crippen molar-refractivity contribution in [3.63, 3.8) is 0 Å². The molecule has 156 valence electrons. The van der Waals surface area contributed by atoms with Gasteiger partial charge in [-0.25, -0.2) is 9.59 Å². The number of unbranched alkanes of at least 4 members (excludes halogenated alkanes) is 6. The van der Waals surface area contributed by atoms with E-state index >= 15 is 0 Å². The first kappa shape index (κ1) is 23.0. The second-order valence-corrected chi connectivity index (χ2v) is 7.75. The lowest BCUT2D eigenvalue weighted by Crippen LogP contribution is -2.16. The van der Waals surface area contributed by atoms with Crippen LogP contribution in [0.3, 0.4) is 0 Å². The van der Waals surface area contributed by atoms with E-state index in [4.69, 9.17) is 9.47 Å². The van der Waals surface area contributed by atoms with Crippen LogP contribution in [0.4, 0.5) is 0 Å². The molecule has 2 rings (SSSR count). The number of thioether (sulfide) groups is 1. The lowest BCUT2D eigenvalue weighted by molar-refractivity contribution is 0.0489. The molecule has 0 spiro atoms. The molecule has 0 aliphatic heterocycles. The van der Waals surface area contributed by atoms with E-state index in [0.717, 1.165) is 24.2 Å². The maximum absolute atomic E-state index is 12.6. The van der Waals surface area contributed by atoms with E-state index in [1.807, 2.05) is 18.4 Å². The van der Waals surface area contributed by atoms with Crippen molar-refractivity contribution in [1.82, 2.24) is 0 Å². The smallest absolute Gasteiger partial charge is 0.344 e. The lowest BCUT2D eigenvalue weighted by Gasteiger charge is -2.10. The Hall–Kier alpha value is -2.27. The molecule has 2 aromatic carbocycles. The summed E-state index contributed by atoms with van der Waals surface area (Å²) < 4.78 is 10.8. The first-order valence-electron chi connectivity index (χ1n) is 10.3. The number of hydrogen-bond donors (Lipinski definition) is 0. The largest absolute Gasteiger partial charge is 0.462 e. The molecular weight excluding hydrogens is 384 g/mol. The zero-order valence-electron chi connectivity index (χ0n) is 17.3. The number of benzene rings is 2. The fraction of sp³-hybridized carbons (Fsp3) is 0.417. The summed E-state index contributed by atoms with van der Waals surface area (Å²) in [5.74, 6) is -0.606. The van der Waals surface area contributed by atoms with Crippen LogP contribution in [0.15, 0.2) is 53.4 Å². The molecule has 0 amide bonds. The fourth-order valence-corrected chi connectivity index (χ4v) is 3.35. The van der Waals surface area contributed by atoms with Crippen molar-refractivity contribution in [2.24, 2.45) is 0 Å². The van der Waals surface area contributed by atoms with Gasteiger partial charge in [0.2, 0.25) is 0 Å². The highest BCUT2D eigenvalue weighted by Gasteiger charge is 2.19. The summed E-state index contributed by atoms with van der Waals surface area (Å²) >= 11 is 1.61. The van der Waals surface area contributed by atoms with Crippen LogP contribution in [0.5, 0.6) is 5.75 Å². The molecule has 0 aliphatic rings. The first-order valence-corrected chi connectivity index (χ1v) is 11.5. The Labute approximate surface area is 178 Å². The molecule has 0 saturated heterocycles. The summed E-state index contributed by atoms with van der Waals surface area (Å²) in [4.78, 5) is 26.1. The Morgan fingerprint density at radius 2 is 1.38 bits per heavy atom. The van der Waals surface area contributed by atoms with E-state index in [0.29, 0.717) is 12.4 Å². The number of ether oxygens (including phenoxy) is 2. The lowest BCUT2D eigenvalue weighted by atomic mass is 10.1. The second-order valence-electron chi connectivity index (χ2n) is 6.87. The van der Waals surface area contributed by atoms with Gasteiger partial charge in [0.05, 0.1) is 17.7 Å². The van der Waals surface area contributed by atoms with Gasteiger partial charge in [-0.2, -0.15) is 0 Å². The quantitative estimate of drug-likeness (QED) is 0.171. The third kappa shape index (κ3) is 7.94. The maximum Gasteiger partial charge on any atom is 0.344 e. The van der Waals surface area contributed by atoms with Crippen molar-refractivity contribution in [3.05, 3.63) is 59.7 Å². The van der Waals surface area contributed by atoms with Gasteiger partial charge in [-0.1, -0.05) is 57.6 Å². The van der Waals surface area contributed by atoms with Gasteiger partial charge in [0.15, 0.2) is 0 Å². The molecular formula is C24H30O4S. The molecule has 29 heavy (non-hydrogen) atoms. The van der Waals surface area contributed by atoms with Crippen molar-refractivity contribution >= 4 is 23.7 Å². The van der Waals surface area contributed by atoms with E-state index in [1.165, 1.54) is 25.7 Å². The molecule has 0 radical (unpaired) electrons. The summed E-state index contributed by atoms with van der Waals surface area (Å²) in [6.07, 6.45) is 10.1. The summed E-state index contributed by atoms with van der Waals surface area (Å²) in [5, 5.41) is 0. The maximum atomic E-state index is 12.6. The SMILES string of the molecule is CCCCCCCCCOC(=O)c1ccccc1C(=O)Oc1ccc(SC)cc1. The Morgan fingerprint density at radius 1 is 0.793 bits per heavy atom. The van der Waals surface area contributed by atoms with Crippen molar-refractivity contribution < 1.29 is 19.1 Å². The minimum absolute atomic E-state index is 0.214. The zero-order valence-corrected chi connectivity index (χ0v) is 18.1. The molecule has 0 unspecified atom stereocenters. The third-order valence-electron chi connectivity index (χ3n) is 4.62. The van der Waals surface area contributed by atoms with E-state index in [9.17, 15) is 9.59 Å². The molecule has 0 atom stereocenters. The van der Waals surface area contributed by atoms with Gasteiger partial charge in [0, 0.05) is 4.90 Å². The predicted molar refractivity (Wildman–Crippen MR) is 118 cm³/mol. The van der Waals surface area contributed by atoms with Gasteiger partial charge >= 0.3 is 11.9 Å². The standard InChI is InChI=1S/C24H30O4S/c1-3-4-5-6-7-8-11-18-27-23(25)21-12-9-10-13-22(21)24(26)28-19-14-16-20(29-2)17-15-19/h9-10,12-17H,3-8,11,18H2,1-2H3. The van der Waals surface area contributed by atoms with Crippen LogP contribution in [-0.4, -0.2) is 24.8 Å². The molecule has 0 saturated carbocycles. The molecule has 5 heteroatoms. The Balaban J connectivity index is 1.86. The van der Waals surface area contributed by atoms with Crippen LogP contribution in [0.25, 0.3) is 0 Å². The average Bonchev–Trinajstić information content (AvgIpc) is 2.76. The molecule has 0 heterocycles. The highest BCUT2D eigenvalue weighted by molar-refractivity contribution is 7.98. The van der Waals surface area contributed by atoms with E-state index < -0.39 is 11.9 Å². The number of esters is 2. The topological polar surface area (TPSA) is 52.6 Å². The average molecular weight is 415 g/mol. The van der Waals surface area contributed by atoms with Gasteiger partial charge in [-0.05, 0) is 49.1 Å². The van der Waals surface area contributed by atoms with Gasteiger partial charge in [-0.15, -0.1) is 11.8 Å². The Morgan fingerprint density at radius 3 is 2.00 bits per heavy atom. The van der Waals surface area contributed by atoms with E-state index in [2.05, 4.69) is 6.92 Å². The third-order valence-corrected chi connectivity index (χ3v) is 5.36. The molecule has 0 bridgehead atoms. The molecule has 2 aromatic rings. The summed E-state index contributed by atoms with van der Waals surface area (Å²) in [6, 6.07) is 13.9. The second kappa shape index (κ2) is 13.0. The van der Waals surface area contributed by atoms with Crippen LogP contribution in [0.1, 0.15) is 72.6 Å². The van der Waals surface area contributed by atoms with Gasteiger partial charge in [0.25, 0.3) is 0 Å². The van der Waals surface area contributed by atoms with E-state index in [1.54, 1.807) is 48.2 Å². The van der Waals surface area contributed by atoms with Crippen LogP contribution < -0.4 is 4.74 Å². The van der Waals surface area contributed by atoms with Gasteiger partial charge in [0.1, 0.15) is 5.75 Å². The van der Waals surface area contributed by atoms with Gasteiger partial charge in [-0.3, -0.25) is 0 Å². The van der Waals surface area contributed by atoms with E-state index in [-0.39, 0.29) is 11.1 Å². The van der Waals surface area contributed by atoms with Crippen molar-refractivity contribution in [1.29, 1.82) is 0 Å². The fourth-order valence-electron chi connectivity index (χ4n) is 2.95. The minimum Gasteiger partial charge on any atom is -0.462 e. The van der Waals surface area contributed by atoms with Crippen LogP contribution in [0.2, 0.25) is 0 Å². The number of carbonyl (C=O) groups excluding carboxylic acids is 2. The molecule has 0 aromatic heterocycles. The first-order chi connectivity index (χ1) is 14.2. The van der Waals surface area contributed by atoms with Crippen LogP contribution in [0, 0.1) is 0 Å². The normalized spacial score (nSPS) is 10.6. The monoisotopic (exact) mass is 414 g/mol. The highest BCUT2D eigenvalue weighted by Crippen LogP contribution is 2.21. The van der Waals surface area contributed by atoms with Crippen LogP contribution >= 0.6 is 11.8 Å². The Bertz CT molecular complexity index is 771. The highest BCUT2D eigenvalue weighted by atomic mass is 32.2. The summed E-state index contributed by atoms with van der Waals surface area (Å²) in [5.41, 5.74) is 0.451. The van der Waals surface area contributed by atoms with Crippen molar-refractivity contribution in [2.75, 3.05) is 12.9 Å². The molecule has 0 fully saturated rings.